The summed E-state index contributed by atoms with van der Waals surface area (Å²) in [4.78, 5) is 31.4. The molecule has 3 rings (SSSR count). The van der Waals surface area contributed by atoms with Crippen molar-refractivity contribution in [3.63, 3.8) is 0 Å². The van der Waals surface area contributed by atoms with Gasteiger partial charge in [-0.05, 0) is 44.2 Å². The summed E-state index contributed by atoms with van der Waals surface area (Å²) < 4.78 is 0. The van der Waals surface area contributed by atoms with Crippen molar-refractivity contribution < 1.29 is 9.59 Å². The number of nitrogens with zero attached hydrogens (tertiary/aromatic N) is 3. The zero-order chi connectivity index (χ0) is 19.9. The standard InChI is InChI=1S/C23H35N3O2/c1-19-7-8-21(20(2)17-19)9-10-22(27)26-15-13-24(14-16-26)18-23(28)25-11-5-3-4-6-12-25/h7-8,17H,3-6,9-16,18H2,1-2H3. The van der Waals surface area contributed by atoms with Crippen LogP contribution in [0, 0.1) is 13.8 Å². The van der Waals surface area contributed by atoms with Crippen LogP contribution in [0.2, 0.25) is 0 Å². The van der Waals surface area contributed by atoms with E-state index in [1.807, 2.05) is 9.80 Å². The van der Waals surface area contributed by atoms with Crippen LogP contribution < -0.4 is 0 Å². The van der Waals surface area contributed by atoms with Gasteiger partial charge in [0, 0.05) is 45.7 Å². The van der Waals surface area contributed by atoms with Gasteiger partial charge in [0.1, 0.15) is 0 Å². The lowest BCUT2D eigenvalue weighted by Crippen LogP contribution is -2.51. The van der Waals surface area contributed by atoms with Crippen molar-refractivity contribution in [3.05, 3.63) is 34.9 Å². The van der Waals surface area contributed by atoms with Gasteiger partial charge in [0.25, 0.3) is 0 Å². The number of rotatable bonds is 5. The van der Waals surface area contributed by atoms with Gasteiger partial charge in [-0.1, -0.05) is 36.6 Å². The lowest BCUT2D eigenvalue weighted by atomic mass is 10.0. The number of hydrogen-bond donors (Lipinski definition) is 0. The molecule has 5 nitrogen and oxygen atoms in total. The molecule has 2 amide bonds. The first-order valence-electron chi connectivity index (χ1n) is 10.9. The van der Waals surface area contributed by atoms with Crippen LogP contribution in [-0.2, 0) is 16.0 Å². The molecule has 0 aliphatic carbocycles. The fourth-order valence-electron chi connectivity index (χ4n) is 4.29. The van der Waals surface area contributed by atoms with E-state index in [0.717, 1.165) is 58.5 Å². The molecule has 1 aromatic carbocycles. The smallest absolute Gasteiger partial charge is 0.236 e. The molecule has 0 bridgehead atoms. The van der Waals surface area contributed by atoms with Gasteiger partial charge in [-0.15, -0.1) is 0 Å². The number of piperazine rings is 1. The van der Waals surface area contributed by atoms with Crippen LogP contribution in [0.5, 0.6) is 0 Å². The molecule has 2 saturated heterocycles. The molecule has 0 aromatic heterocycles. The van der Waals surface area contributed by atoms with E-state index in [1.165, 1.54) is 29.5 Å². The maximum absolute atomic E-state index is 12.6. The van der Waals surface area contributed by atoms with Gasteiger partial charge in [-0.3, -0.25) is 14.5 Å². The number of likely N-dealkylation sites (tertiary alicyclic amines) is 1. The minimum Gasteiger partial charge on any atom is -0.342 e. The molecule has 2 heterocycles. The number of aryl methyl sites for hydroxylation is 3. The molecular formula is C23H35N3O2. The molecule has 1 aromatic rings. The van der Waals surface area contributed by atoms with Crippen molar-refractivity contribution in [2.45, 2.75) is 52.4 Å². The molecule has 0 radical (unpaired) electrons. The van der Waals surface area contributed by atoms with Crippen LogP contribution in [0.4, 0.5) is 0 Å². The SMILES string of the molecule is Cc1ccc(CCC(=O)N2CCN(CC(=O)N3CCCCCC3)CC2)c(C)c1. The summed E-state index contributed by atoms with van der Waals surface area (Å²) in [5, 5.41) is 0. The summed E-state index contributed by atoms with van der Waals surface area (Å²) in [6.45, 7) is 9.61. The molecule has 2 aliphatic heterocycles. The molecule has 0 atom stereocenters. The third kappa shape index (κ3) is 5.81. The van der Waals surface area contributed by atoms with E-state index in [0.29, 0.717) is 13.0 Å². The second-order valence-electron chi connectivity index (χ2n) is 8.38. The lowest BCUT2D eigenvalue weighted by Gasteiger charge is -2.35. The van der Waals surface area contributed by atoms with Crippen molar-refractivity contribution in [1.82, 2.24) is 14.7 Å². The van der Waals surface area contributed by atoms with Gasteiger partial charge >= 0.3 is 0 Å². The molecule has 5 heteroatoms. The first-order chi connectivity index (χ1) is 13.5. The van der Waals surface area contributed by atoms with E-state index >= 15 is 0 Å². The summed E-state index contributed by atoms with van der Waals surface area (Å²) in [7, 11) is 0. The van der Waals surface area contributed by atoms with Crippen LogP contribution in [-0.4, -0.2) is 72.3 Å². The normalized spacial score (nSPS) is 18.8. The van der Waals surface area contributed by atoms with Crippen molar-refractivity contribution in [1.29, 1.82) is 0 Å². The Morgan fingerprint density at radius 1 is 0.821 bits per heavy atom. The fraction of sp³-hybridized carbons (Fsp3) is 0.652. The molecule has 0 N–H and O–H groups in total. The lowest BCUT2D eigenvalue weighted by molar-refractivity contribution is -0.135. The quantitative estimate of drug-likeness (QED) is 0.783. The number of hydrogen-bond acceptors (Lipinski definition) is 3. The van der Waals surface area contributed by atoms with Gasteiger partial charge in [0.05, 0.1) is 6.54 Å². The highest BCUT2D eigenvalue weighted by molar-refractivity contribution is 5.78. The Kier molecular flexibility index (Phi) is 7.49. The third-order valence-corrected chi connectivity index (χ3v) is 6.15. The van der Waals surface area contributed by atoms with Gasteiger partial charge in [-0.2, -0.15) is 0 Å². The van der Waals surface area contributed by atoms with Crippen LogP contribution >= 0.6 is 0 Å². The predicted molar refractivity (Wildman–Crippen MR) is 112 cm³/mol. The van der Waals surface area contributed by atoms with Crippen LogP contribution in [0.25, 0.3) is 0 Å². The molecule has 0 spiro atoms. The Labute approximate surface area is 169 Å². The van der Waals surface area contributed by atoms with E-state index in [-0.39, 0.29) is 11.8 Å². The van der Waals surface area contributed by atoms with E-state index < -0.39 is 0 Å². The number of amides is 2. The molecular weight excluding hydrogens is 350 g/mol. The summed E-state index contributed by atoms with van der Waals surface area (Å²) in [5.41, 5.74) is 3.80. The van der Waals surface area contributed by atoms with E-state index in [1.54, 1.807) is 0 Å². The summed E-state index contributed by atoms with van der Waals surface area (Å²) in [6.07, 6.45) is 6.12. The summed E-state index contributed by atoms with van der Waals surface area (Å²) >= 11 is 0. The second kappa shape index (κ2) is 10.1. The van der Waals surface area contributed by atoms with Gasteiger partial charge in [0.2, 0.25) is 11.8 Å². The van der Waals surface area contributed by atoms with Crippen molar-refractivity contribution in [2.24, 2.45) is 0 Å². The van der Waals surface area contributed by atoms with E-state index in [2.05, 4.69) is 36.9 Å². The van der Waals surface area contributed by atoms with Crippen molar-refractivity contribution in [3.8, 4) is 0 Å². The predicted octanol–water partition coefficient (Wildman–Crippen LogP) is 2.78. The first-order valence-corrected chi connectivity index (χ1v) is 10.9. The Morgan fingerprint density at radius 3 is 2.11 bits per heavy atom. The molecule has 2 fully saturated rings. The minimum atomic E-state index is 0.235. The second-order valence-corrected chi connectivity index (χ2v) is 8.38. The highest BCUT2D eigenvalue weighted by Gasteiger charge is 2.24. The molecule has 0 saturated carbocycles. The monoisotopic (exact) mass is 385 g/mol. The van der Waals surface area contributed by atoms with Gasteiger partial charge < -0.3 is 9.80 Å². The van der Waals surface area contributed by atoms with Crippen LogP contribution in [0.3, 0.4) is 0 Å². The molecule has 154 valence electrons. The fourth-order valence-corrected chi connectivity index (χ4v) is 4.29. The Bertz CT molecular complexity index is 672. The molecule has 2 aliphatic rings. The molecule has 0 unspecified atom stereocenters. The zero-order valence-corrected chi connectivity index (χ0v) is 17.6. The Balaban J connectivity index is 1.40. The maximum atomic E-state index is 12.6. The first kappa shape index (κ1) is 20.8. The van der Waals surface area contributed by atoms with Gasteiger partial charge in [0.15, 0.2) is 0 Å². The Morgan fingerprint density at radius 2 is 1.46 bits per heavy atom. The summed E-state index contributed by atoms with van der Waals surface area (Å²) in [5.74, 6) is 0.495. The van der Waals surface area contributed by atoms with E-state index in [9.17, 15) is 9.59 Å². The number of carbonyl (C=O) groups excluding carboxylic acids is 2. The minimum absolute atomic E-state index is 0.235. The average molecular weight is 386 g/mol. The van der Waals surface area contributed by atoms with Gasteiger partial charge in [-0.25, -0.2) is 0 Å². The summed E-state index contributed by atoms with van der Waals surface area (Å²) in [6, 6.07) is 6.44. The average Bonchev–Trinajstić information content (AvgIpc) is 2.97. The number of benzene rings is 1. The largest absolute Gasteiger partial charge is 0.342 e. The topological polar surface area (TPSA) is 43.9 Å². The van der Waals surface area contributed by atoms with Crippen LogP contribution in [0.15, 0.2) is 18.2 Å². The van der Waals surface area contributed by atoms with Crippen LogP contribution in [0.1, 0.15) is 48.8 Å². The zero-order valence-electron chi connectivity index (χ0n) is 17.6. The third-order valence-electron chi connectivity index (χ3n) is 6.15. The van der Waals surface area contributed by atoms with Crippen molar-refractivity contribution in [2.75, 3.05) is 45.8 Å². The van der Waals surface area contributed by atoms with E-state index in [4.69, 9.17) is 0 Å². The molecule has 28 heavy (non-hydrogen) atoms. The van der Waals surface area contributed by atoms with Crippen molar-refractivity contribution >= 4 is 11.8 Å². The number of carbonyl (C=O) groups is 2. The highest BCUT2D eigenvalue weighted by atomic mass is 16.2. The highest BCUT2D eigenvalue weighted by Crippen LogP contribution is 2.14. The maximum Gasteiger partial charge on any atom is 0.236 e. The Hall–Kier alpha value is -1.88.